The number of ketones is 1. The third kappa shape index (κ3) is 2.64. The Kier molecular flexibility index (Phi) is 3.27. The van der Waals surface area contributed by atoms with E-state index in [1.165, 1.54) is 29.5 Å². The molecule has 0 aliphatic carbocycles. The molecule has 1 aromatic heterocycles. The molecule has 16 heavy (non-hydrogen) atoms. The van der Waals surface area contributed by atoms with Crippen LogP contribution in [0.5, 0.6) is 0 Å². The van der Waals surface area contributed by atoms with E-state index >= 15 is 0 Å². The van der Waals surface area contributed by atoms with Crippen LogP contribution in [0.1, 0.15) is 15.2 Å². The maximum absolute atomic E-state index is 12.6. The summed E-state index contributed by atoms with van der Waals surface area (Å²) >= 11 is 1.41. The number of carbonyl (C=O) groups excluding carboxylic acids is 1. The van der Waals surface area contributed by atoms with Gasteiger partial charge in [-0.25, -0.2) is 4.39 Å². The molecule has 0 unspecified atom stereocenters. The van der Waals surface area contributed by atoms with Crippen LogP contribution in [0.25, 0.3) is 6.08 Å². The van der Waals surface area contributed by atoms with Gasteiger partial charge in [-0.15, -0.1) is 11.3 Å². The quantitative estimate of drug-likeness (QED) is 0.581. The van der Waals surface area contributed by atoms with Gasteiger partial charge in [0, 0.05) is 0 Å². The fourth-order valence-corrected chi connectivity index (χ4v) is 1.89. The molecule has 2 aromatic rings. The van der Waals surface area contributed by atoms with Crippen molar-refractivity contribution in [1.29, 1.82) is 0 Å². The summed E-state index contributed by atoms with van der Waals surface area (Å²) in [5.74, 6) is -0.305. The molecule has 0 aliphatic rings. The molecule has 3 heteroatoms. The van der Waals surface area contributed by atoms with E-state index < -0.39 is 0 Å². The number of allylic oxidation sites excluding steroid dienone is 1. The molecule has 0 spiro atoms. The van der Waals surface area contributed by atoms with E-state index in [9.17, 15) is 9.18 Å². The maximum atomic E-state index is 12.6. The molecule has 2 rings (SSSR count). The molecule has 0 atom stereocenters. The van der Waals surface area contributed by atoms with Crippen molar-refractivity contribution in [3.05, 3.63) is 64.1 Å². The predicted octanol–water partition coefficient (Wildman–Crippen LogP) is 3.78. The van der Waals surface area contributed by atoms with E-state index in [-0.39, 0.29) is 11.6 Å². The molecular formula is C13H9FOS. The SMILES string of the molecule is O=C(C=Cc1ccc(F)cc1)c1cccs1. The fourth-order valence-electron chi connectivity index (χ4n) is 1.25. The Labute approximate surface area is 96.9 Å². The van der Waals surface area contributed by atoms with Crippen molar-refractivity contribution in [2.45, 2.75) is 0 Å². The number of hydrogen-bond donors (Lipinski definition) is 0. The van der Waals surface area contributed by atoms with Gasteiger partial charge in [0.05, 0.1) is 4.88 Å². The molecule has 1 aromatic carbocycles. The second-order valence-electron chi connectivity index (χ2n) is 3.23. The first-order valence-electron chi connectivity index (χ1n) is 4.77. The summed E-state index contributed by atoms with van der Waals surface area (Å²) in [6.45, 7) is 0. The topological polar surface area (TPSA) is 17.1 Å². The number of halogens is 1. The zero-order valence-electron chi connectivity index (χ0n) is 8.39. The third-order valence-corrected chi connectivity index (χ3v) is 2.95. The van der Waals surface area contributed by atoms with E-state index in [1.807, 2.05) is 11.4 Å². The third-order valence-electron chi connectivity index (χ3n) is 2.06. The molecule has 80 valence electrons. The highest BCUT2D eigenvalue weighted by molar-refractivity contribution is 7.12. The Morgan fingerprint density at radius 1 is 1.19 bits per heavy atom. The monoisotopic (exact) mass is 232 g/mol. The molecule has 0 radical (unpaired) electrons. The van der Waals surface area contributed by atoms with Crippen LogP contribution in [0.15, 0.2) is 47.9 Å². The van der Waals surface area contributed by atoms with Crippen molar-refractivity contribution in [2.75, 3.05) is 0 Å². The van der Waals surface area contributed by atoms with Crippen molar-refractivity contribution >= 4 is 23.2 Å². The highest BCUT2D eigenvalue weighted by atomic mass is 32.1. The molecule has 0 amide bonds. The van der Waals surface area contributed by atoms with Crippen LogP contribution in [-0.4, -0.2) is 5.78 Å². The average molecular weight is 232 g/mol. The Bertz CT molecular complexity index is 497. The average Bonchev–Trinajstić information content (AvgIpc) is 2.81. The first kappa shape index (κ1) is 10.8. The summed E-state index contributed by atoms with van der Waals surface area (Å²) in [4.78, 5) is 12.3. The molecule has 0 aliphatic heterocycles. The molecule has 0 saturated carbocycles. The molecule has 0 N–H and O–H groups in total. The van der Waals surface area contributed by atoms with Crippen LogP contribution >= 0.6 is 11.3 Å². The van der Waals surface area contributed by atoms with Gasteiger partial charge in [-0.2, -0.15) is 0 Å². The number of rotatable bonds is 3. The van der Waals surface area contributed by atoms with Crippen molar-refractivity contribution in [1.82, 2.24) is 0 Å². The fraction of sp³-hybridized carbons (Fsp3) is 0. The van der Waals surface area contributed by atoms with Crippen LogP contribution in [0.4, 0.5) is 4.39 Å². The van der Waals surface area contributed by atoms with Crippen molar-refractivity contribution < 1.29 is 9.18 Å². The minimum absolute atomic E-state index is 0.0284. The van der Waals surface area contributed by atoms with E-state index in [2.05, 4.69) is 0 Å². The van der Waals surface area contributed by atoms with Gasteiger partial charge < -0.3 is 0 Å². The molecule has 0 bridgehead atoms. The Morgan fingerprint density at radius 3 is 2.56 bits per heavy atom. The number of carbonyl (C=O) groups is 1. The van der Waals surface area contributed by atoms with Gasteiger partial charge in [0.2, 0.25) is 0 Å². The predicted molar refractivity (Wildman–Crippen MR) is 64.1 cm³/mol. The van der Waals surface area contributed by atoms with Crippen molar-refractivity contribution in [3.8, 4) is 0 Å². The summed E-state index contributed by atoms with van der Waals surface area (Å²) in [5.41, 5.74) is 0.811. The summed E-state index contributed by atoms with van der Waals surface area (Å²) in [7, 11) is 0. The summed E-state index contributed by atoms with van der Waals surface area (Å²) < 4.78 is 12.6. The second-order valence-corrected chi connectivity index (χ2v) is 4.17. The van der Waals surface area contributed by atoms with Gasteiger partial charge in [0.15, 0.2) is 5.78 Å². The second kappa shape index (κ2) is 4.86. The van der Waals surface area contributed by atoms with Gasteiger partial charge in [-0.05, 0) is 35.2 Å². The van der Waals surface area contributed by atoms with Gasteiger partial charge in [-0.3, -0.25) is 4.79 Å². The minimum Gasteiger partial charge on any atom is -0.288 e. The molecular weight excluding hydrogens is 223 g/mol. The molecule has 1 nitrogen and oxygen atoms in total. The summed E-state index contributed by atoms with van der Waals surface area (Å²) in [6, 6.07) is 9.62. The molecule has 0 fully saturated rings. The molecule has 1 heterocycles. The Hall–Kier alpha value is -1.74. The largest absolute Gasteiger partial charge is 0.288 e. The number of benzene rings is 1. The number of hydrogen-bond acceptors (Lipinski definition) is 2. The lowest BCUT2D eigenvalue weighted by Crippen LogP contribution is -1.88. The van der Waals surface area contributed by atoms with Gasteiger partial charge in [-0.1, -0.05) is 24.3 Å². The highest BCUT2D eigenvalue weighted by Crippen LogP contribution is 2.11. The lowest BCUT2D eigenvalue weighted by Gasteiger charge is -1.92. The number of thiophene rings is 1. The molecule has 0 saturated heterocycles. The van der Waals surface area contributed by atoms with E-state index in [4.69, 9.17) is 0 Å². The van der Waals surface area contributed by atoms with Crippen LogP contribution < -0.4 is 0 Å². The lowest BCUT2D eigenvalue weighted by atomic mass is 10.2. The first-order chi connectivity index (χ1) is 7.75. The van der Waals surface area contributed by atoms with E-state index in [0.717, 1.165) is 5.56 Å². The maximum Gasteiger partial charge on any atom is 0.195 e. The van der Waals surface area contributed by atoms with Crippen molar-refractivity contribution in [2.24, 2.45) is 0 Å². The van der Waals surface area contributed by atoms with Crippen molar-refractivity contribution in [3.63, 3.8) is 0 Å². The smallest absolute Gasteiger partial charge is 0.195 e. The van der Waals surface area contributed by atoms with E-state index in [0.29, 0.717) is 4.88 Å². The van der Waals surface area contributed by atoms with Crippen LogP contribution in [0.2, 0.25) is 0 Å². The normalized spacial score (nSPS) is 10.8. The zero-order valence-corrected chi connectivity index (χ0v) is 9.21. The lowest BCUT2D eigenvalue weighted by molar-refractivity contribution is 0.105. The Balaban J connectivity index is 2.10. The van der Waals surface area contributed by atoms with Gasteiger partial charge in [0.25, 0.3) is 0 Å². The zero-order chi connectivity index (χ0) is 11.4. The summed E-state index contributed by atoms with van der Waals surface area (Å²) in [5, 5.41) is 1.86. The Morgan fingerprint density at radius 2 is 1.94 bits per heavy atom. The van der Waals surface area contributed by atoms with Crippen LogP contribution in [0, 0.1) is 5.82 Å². The van der Waals surface area contributed by atoms with Gasteiger partial charge >= 0.3 is 0 Å². The minimum atomic E-state index is -0.276. The van der Waals surface area contributed by atoms with Crippen LogP contribution in [-0.2, 0) is 0 Å². The first-order valence-corrected chi connectivity index (χ1v) is 5.65. The standard InChI is InChI=1S/C13H9FOS/c14-11-6-3-10(4-7-11)5-8-12(15)13-2-1-9-16-13/h1-9H. The summed E-state index contributed by atoms with van der Waals surface area (Å²) in [6.07, 6.45) is 3.18. The van der Waals surface area contributed by atoms with Gasteiger partial charge in [0.1, 0.15) is 5.82 Å². The van der Waals surface area contributed by atoms with Crippen LogP contribution in [0.3, 0.4) is 0 Å². The van der Waals surface area contributed by atoms with E-state index in [1.54, 1.807) is 24.3 Å². The highest BCUT2D eigenvalue weighted by Gasteiger charge is 2.01.